The highest BCUT2D eigenvalue weighted by atomic mass is 35.5. The van der Waals surface area contributed by atoms with Crippen LogP contribution in [0.3, 0.4) is 0 Å². The Labute approximate surface area is 136 Å². The molecule has 108 valence electrons. The molecule has 21 heavy (non-hydrogen) atoms. The van der Waals surface area contributed by atoms with Gasteiger partial charge in [0, 0.05) is 16.3 Å². The summed E-state index contributed by atoms with van der Waals surface area (Å²) in [5.74, 6) is 1.46. The van der Waals surface area contributed by atoms with Gasteiger partial charge in [0.2, 0.25) is 11.1 Å². The summed E-state index contributed by atoms with van der Waals surface area (Å²) < 4.78 is 0.808. The van der Waals surface area contributed by atoms with Crippen LogP contribution in [0.2, 0.25) is 4.34 Å². The lowest BCUT2D eigenvalue weighted by molar-refractivity contribution is 0.973. The Morgan fingerprint density at radius 3 is 2.76 bits per heavy atom. The number of aryl methyl sites for hydroxylation is 1. The van der Waals surface area contributed by atoms with Gasteiger partial charge in [-0.05, 0) is 31.2 Å². The van der Waals surface area contributed by atoms with Crippen molar-refractivity contribution in [1.29, 1.82) is 0 Å². The number of halogens is 1. The van der Waals surface area contributed by atoms with Crippen LogP contribution >= 0.6 is 34.7 Å². The molecule has 0 aliphatic carbocycles. The molecular weight excluding hydrogens is 324 g/mol. The Bertz CT molecular complexity index is 721. The van der Waals surface area contributed by atoms with Crippen molar-refractivity contribution in [3.63, 3.8) is 0 Å². The summed E-state index contributed by atoms with van der Waals surface area (Å²) >= 11 is 9.07. The van der Waals surface area contributed by atoms with E-state index in [1.54, 1.807) is 23.1 Å². The van der Waals surface area contributed by atoms with Gasteiger partial charge in [-0.2, -0.15) is 4.98 Å². The monoisotopic (exact) mass is 336 g/mol. The molecule has 0 spiro atoms. The minimum Gasteiger partial charge on any atom is -0.325 e. The van der Waals surface area contributed by atoms with E-state index >= 15 is 0 Å². The van der Waals surface area contributed by atoms with Crippen LogP contribution in [0.1, 0.15) is 10.4 Å². The molecule has 0 aliphatic rings. The molecule has 0 unspecified atom stereocenters. The molecule has 3 rings (SSSR count). The Morgan fingerprint density at radius 1 is 1.24 bits per heavy atom. The maximum absolute atomic E-state index is 5.91. The van der Waals surface area contributed by atoms with E-state index < -0.39 is 0 Å². The first kappa shape index (κ1) is 14.4. The van der Waals surface area contributed by atoms with Crippen LogP contribution in [-0.2, 0) is 5.75 Å². The topological polar surface area (TPSA) is 53.6 Å². The number of thioether (sulfide) groups is 1. The lowest BCUT2D eigenvalue weighted by atomic mass is 10.2. The van der Waals surface area contributed by atoms with Crippen molar-refractivity contribution < 1.29 is 0 Å². The summed E-state index contributed by atoms with van der Waals surface area (Å²) in [7, 11) is 0. The second-order valence-corrected chi connectivity index (χ2v) is 7.19. The highest BCUT2D eigenvalue weighted by molar-refractivity contribution is 7.98. The predicted octanol–water partition coefficient (Wildman–Crippen LogP) is 4.86. The first-order valence-corrected chi connectivity index (χ1v) is 8.50. The molecule has 0 radical (unpaired) electrons. The summed E-state index contributed by atoms with van der Waals surface area (Å²) in [4.78, 5) is 5.62. The lowest BCUT2D eigenvalue weighted by Crippen LogP contribution is -1.92. The molecule has 1 aromatic carbocycles. The highest BCUT2D eigenvalue weighted by Gasteiger charge is 2.06. The average Bonchev–Trinajstić information content (AvgIpc) is 3.08. The van der Waals surface area contributed by atoms with Crippen LogP contribution in [0, 0.1) is 6.92 Å². The summed E-state index contributed by atoms with van der Waals surface area (Å²) in [6.07, 6.45) is 0. The maximum Gasteiger partial charge on any atom is 0.223 e. The SMILES string of the molecule is Cc1ccc(Nc2nc(SCc3ccc(Cl)s3)n[nH]2)cc1. The molecule has 0 saturated heterocycles. The summed E-state index contributed by atoms with van der Waals surface area (Å²) in [6, 6.07) is 12.1. The van der Waals surface area contributed by atoms with E-state index in [4.69, 9.17) is 11.6 Å². The van der Waals surface area contributed by atoms with Crippen molar-refractivity contribution in [1.82, 2.24) is 15.2 Å². The highest BCUT2D eigenvalue weighted by Crippen LogP contribution is 2.27. The van der Waals surface area contributed by atoms with E-state index in [0.717, 1.165) is 15.8 Å². The van der Waals surface area contributed by atoms with Gasteiger partial charge in [0.1, 0.15) is 0 Å². The van der Waals surface area contributed by atoms with Gasteiger partial charge in [0.05, 0.1) is 4.34 Å². The van der Waals surface area contributed by atoms with Crippen molar-refractivity contribution in [3.05, 3.63) is 51.2 Å². The van der Waals surface area contributed by atoms with Gasteiger partial charge >= 0.3 is 0 Å². The molecule has 0 atom stereocenters. The number of benzene rings is 1. The molecule has 2 N–H and O–H groups in total. The van der Waals surface area contributed by atoms with Crippen molar-refractivity contribution >= 4 is 46.3 Å². The third kappa shape index (κ3) is 4.00. The zero-order chi connectivity index (χ0) is 14.7. The van der Waals surface area contributed by atoms with Crippen LogP contribution in [0.15, 0.2) is 41.6 Å². The average molecular weight is 337 g/mol. The molecule has 2 aromatic heterocycles. The zero-order valence-electron chi connectivity index (χ0n) is 11.3. The van der Waals surface area contributed by atoms with Gasteiger partial charge in [-0.25, -0.2) is 5.10 Å². The van der Waals surface area contributed by atoms with E-state index in [2.05, 4.69) is 39.6 Å². The zero-order valence-corrected chi connectivity index (χ0v) is 13.6. The number of aromatic amines is 1. The van der Waals surface area contributed by atoms with Crippen molar-refractivity contribution in [2.45, 2.75) is 17.8 Å². The van der Waals surface area contributed by atoms with E-state index in [1.165, 1.54) is 10.4 Å². The van der Waals surface area contributed by atoms with Gasteiger partial charge < -0.3 is 5.32 Å². The van der Waals surface area contributed by atoms with Crippen LogP contribution in [-0.4, -0.2) is 15.2 Å². The smallest absolute Gasteiger partial charge is 0.223 e. The number of nitrogens with one attached hydrogen (secondary N) is 2. The molecule has 3 aromatic rings. The fourth-order valence-electron chi connectivity index (χ4n) is 1.71. The van der Waals surface area contributed by atoms with Gasteiger partial charge in [-0.1, -0.05) is 41.1 Å². The van der Waals surface area contributed by atoms with Gasteiger partial charge in [-0.15, -0.1) is 16.4 Å². The van der Waals surface area contributed by atoms with Gasteiger partial charge in [0.15, 0.2) is 0 Å². The van der Waals surface area contributed by atoms with E-state index in [1.807, 2.05) is 24.3 Å². The number of rotatable bonds is 5. The summed E-state index contributed by atoms with van der Waals surface area (Å²) in [5.41, 5.74) is 2.21. The quantitative estimate of drug-likeness (QED) is 0.653. The Kier molecular flexibility index (Phi) is 4.48. The summed E-state index contributed by atoms with van der Waals surface area (Å²) in [6.45, 7) is 2.06. The lowest BCUT2D eigenvalue weighted by Gasteiger charge is -2.01. The third-order valence-corrected chi connectivity index (χ3v) is 5.06. The van der Waals surface area contributed by atoms with Crippen LogP contribution in [0.4, 0.5) is 11.6 Å². The molecule has 2 heterocycles. The van der Waals surface area contributed by atoms with Crippen LogP contribution in [0.25, 0.3) is 0 Å². The van der Waals surface area contributed by atoms with Crippen molar-refractivity contribution in [2.75, 3.05) is 5.32 Å². The van der Waals surface area contributed by atoms with Crippen molar-refractivity contribution in [2.24, 2.45) is 0 Å². The van der Waals surface area contributed by atoms with E-state index in [-0.39, 0.29) is 0 Å². The molecule has 0 bridgehead atoms. The fraction of sp³-hybridized carbons (Fsp3) is 0.143. The molecule has 0 aliphatic heterocycles. The molecule has 0 amide bonds. The number of hydrogen-bond donors (Lipinski definition) is 2. The normalized spacial score (nSPS) is 10.8. The van der Waals surface area contributed by atoms with Crippen molar-refractivity contribution in [3.8, 4) is 0 Å². The molecule has 0 fully saturated rings. The van der Waals surface area contributed by atoms with Crippen LogP contribution in [0.5, 0.6) is 0 Å². The largest absolute Gasteiger partial charge is 0.325 e. The second kappa shape index (κ2) is 6.51. The van der Waals surface area contributed by atoms with E-state index in [9.17, 15) is 0 Å². The number of thiophene rings is 1. The number of hydrogen-bond acceptors (Lipinski definition) is 5. The third-order valence-electron chi connectivity index (χ3n) is 2.75. The number of aromatic nitrogens is 3. The molecule has 4 nitrogen and oxygen atoms in total. The second-order valence-electron chi connectivity index (χ2n) is 4.45. The van der Waals surface area contributed by atoms with Gasteiger partial charge in [-0.3, -0.25) is 0 Å². The molecule has 7 heteroatoms. The Balaban J connectivity index is 1.59. The maximum atomic E-state index is 5.91. The number of nitrogens with zero attached hydrogens (tertiary/aromatic N) is 2. The first-order valence-electron chi connectivity index (χ1n) is 6.32. The first-order chi connectivity index (χ1) is 10.2. The minimum atomic E-state index is 0.644. The summed E-state index contributed by atoms with van der Waals surface area (Å²) in [5, 5.41) is 11.0. The number of H-pyrrole nitrogens is 1. The molecule has 0 saturated carbocycles. The fourth-order valence-corrected chi connectivity index (χ4v) is 3.63. The Morgan fingerprint density at radius 2 is 2.05 bits per heavy atom. The van der Waals surface area contributed by atoms with Crippen LogP contribution < -0.4 is 5.32 Å². The number of anilines is 2. The standard InChI is InChI=1S/C14H13ClN4S2/c1-9-2-4-10(5-3-9)16-13-17-14(19-18-13)20-8-11-6-7-12(15)21-11/h2-7H,8H2,1H3,(H2,16,17,18,19). The molecular formula is C14H13ClN4S2. The van der Waals surface area contributed by atoms with Gasteiger partial charge in [0.25, 0.3) is 0 Å². The minimum absolute atomic E-state index is 0.644. The van der Waals surface area contributed by atoms with E-state index in [0.29, 0.717) is 11.1 Å². The predicted molar refractivity (Wildman–Crippen MR) is 89.7 cm³/mol. The Hall–Kier alpha value is -1.50.